The number of aliphatic hydroxyl groups is 1. The molecule has 0 radical (unpaired) electrons. The van der Waals surface area contributed by atoms with Crippen molar-refractivity contribution in [2.75, 3.05) is 40.9 Å². The number of aliphatic hydroxyl groups excluding tert-OH is 1. The number of phosphoric acid groups is 1. The number of nitrogens with one attached hydrogen (secondary N) is 1. The zero-order chi connectivity index (χ0) is 41.4. The van der Waals surface area contributed by atoms with Crippen LogP contribution in [0.4, 0.5) is 0 Å². The van der Waals surface area contributed by atoms with Gasteiger partial charge in [0.05, 0.1) is 39.9 Å². The lowest BCUT2D eigenvalue weighted by molar-refractivity contribution is -0.870. The molecule has 0 aliphatic heterocycles. The van der Waals surface area contributed by atoms with Crippen molar-refractivity contribution in [2.45, 2.75) is 180 Å². The Morgan fingerprint density at radius 2 is 1.04 bits per heavy atom. The molecular formula is C47H86N2O6P+. The number of rotatable bonds is 39. The Kier molecular flexibility index (Phi) is 37.0. The third-order valence-corrected chi connectivity index (χ3v) is 10.4. The largest absolute Gasteiger partial charge is 0.472 e. The highest BCUT2D eigenvalue weighted by Crippen LogP contribution is 2.43. The van der Waals surface area contributed by atoms with Gasteiger partial charge in [0.25, 0.3) is 0 Å². The Morgan fingerprint density at radius 1 is 0.607 bits per heavy atom. The summed E-state index contributed by atoms with van der Waals surface area (Å²) < 4.78 is 23.5. The fraction of sp³-hybridized carbons (Fsp3) is 0.723. The van der Waals surface area contributed by atoms with Crippen molar-refractivity contribution in [3.05, 3.63) is 72.9 Å². The number of quaternary nitrogens is 1. The van der Waals surface area contributed by atoms with Crippen LogP contribution in [0.15, 0.2) is 72.9 Å². The van der Waals surface area contributed by atoms with E-state index in [1.165, 1.54) is 70.6 Å². The van der Waals surface area contributed by atoms with E-state index in [-0.39, 0.29) is 19.1 Å². The highest BCUT2D eigenvalue weighted by Gasteiger charge is 2.27. The number of amides is 1. The van der Waals surface area contributed by atoms with Crippen LogP contribution in [0.5, 0.6) is 0 Å². The van der Waals surface area contributed by atoms with E-state index in [4.69, 9.17) is 9.05 Å². The summed E-state index contributed by atoms with van der Waals surface area (Å²) in [5.74, 6) is -0.208. The lowest BCUT2D eigenvalue weighted by Gasteiger charge is -2.25. The number of hydrogen-bond donors (Lipinski definition) is 3. The van der Waals surface area contributed by atoms with Crippen LogP contribution >= 0.6 is 7.82 Å². The van der Waals surface area contributed by atoms with Gasteiger partial charge in [-0.15, -0.1) is 0 Å². The first-order valence-corrected chi connectivity index (χ1v) is 23.8. The molecule has 3 atom stereocenters. The summed E-state index contributed by atoms with van der Waals surface area (Å²) in [5.41, 5.74) is 0. The van der Waals surface area contributed by atoms with Crippen molar-refractivity contribution in [3.63, 3.8) is 0 Å². The molecule has 0 rings (SSSR count). The first-order valence-electron chi connectivity index (χ1n) is 22.3. The first-order chi connectivity index (χ1) is 27.0. The van der Waals surface area contributed by atoms with Crippen molar-refractivity contribution in [1.29, 1.82) is 0 Å². The molecule has 0 aromatic rings. The fourth-order valence-corrected chi connectivity index (χ4v) is 6.52. The number of carbonyl (C=O) groups excluding carboxylic acids is 1. The van der Waals surface area contributed by atoms with Gasteiger partial charge in [-0.05, 0) is 83.5 Å². The summed E-state index contributed by atoms with van der Waals surface area (Å²) in [6.07, 6.45) is 51.1. The van der Waals surface area contributed by atoms with E-state index in [0.717, 1.165) is 77.0 Å². The molecule has 9 heteroatoms. The summed E-state index contributed by atoms with van der Waals surface area (Å²) in [4.78, 5) is 23.1. The van der Waals surface area contributed by atoms with E-state index in [9.17, 15) is 19.4 Å². The Labute approximate surface area is 344 Å². The third-order valence-electron chi connectivity index (χ3n) is 9.38. The summed E-state index contributed by atoms with van der Waals surface area (Å²) in [5, 5.41) is 13.8. The van der Waals surface area contributed by atoms with E-state index in [0.29, 0.717) is 17.4 Å². The van der Waals surface area contributed by atoms with Crippen LogP contribution in [0.25, 0.3) is 0 Å². The average molecular weight is 806 g/mol. The van der Waals surface area contributed by atoms with E-state index >= 15 is 0 Å². The molecule has 0 spiro atoms. The maximum atomic E-state index is 12.9. The molecule has 0 saturated carbocycles. The van der Waals surface area contributed by atoms with Gasteiger partial charge >= 0.3 is 7.82 Å². The Balaban J connectivity index is 4.48. The number of carbonyl (C=O) groups is 1. The minimum Gasteiger partial charge on any atom is -0.387 e. The van der Waals surface area contributed by atoms with Crippen LogP contribution in [0.3, 0.4) is 0 Å². The molecule has 8 nitrogen and oxygen atoms in total. The molecule has 3 unspecified atom stereocenters. The van der Waals surface area contributed by atoms with Crippen LogP contribution in [-0.2, 0) is 18.4 Å². The van der Waals surface area contributed by atoms with Gasteiger partial charge in [0.1, 0.15) is 13.2 Å². The molecule has 324 valence electrons. The van der Waals surface area contributed by atoms with E-state index in [1.807, 2.05) is 27.2 Å². The molecule has 0 aliphatic rings. The monoisotopic (exact) mass is 806 g/mol. The third kappa shape index (κ3) is 40.1. The molecule has 56 heavy (non-hydrogen) atoms. The van der Waals surface area contributed by atoms with Gasteiger partial charge in [0.15, 0.2) is 0 Å². The molecule has 0 aromatic heterocycles. The van der Waals surface area contributed by atoms with Gasteiger partial charge in [0, 0.05) is 6.42 Å². The summed E-state index contributed by atoms with van der Waals surface area (Å²) >= 11 is 0. The quantitative estimate of drug-likeness (QED) is 0.0247. The molecule has 3 N–H and O–H groups in total. The zero-order valence-electron chi connectivity index (χ0n) is 36.6. The van der Waals surface area contributed by atoms with Gasteiger partial charge in [-0.2, -0.15) is 0 Å². The van der Waals surface area contributed by atoms with Gasteiger partial charge < -0.3 is 19.8 Å². The first kappa shape index (κ1) is 53.9. The molecule has 0 aliphatic carbocycles. The van der Waals surface area contributed by atoms with Gasteiger partial charge in [-0.3, -0.25) is 13.8 Å². The number of likely N-dealkylation sites (N-methyl/N-ethyl adjacent to an activating group) is 1. The van der Waals surface area contributed by atoms with Crippen LogP contribution in [0.1, 0.15) is 168 Å². The molecule has 0 fully saturated rings. The topological polar surface area (TPSA) is 105 Å². The van der Waals surface area contributed by atoms with Crippen LogP contribution in [0, 0.1) is 0 Å². The highest BCUT2D eigenvalue weighted by atomic mass is 31.2. The molecule has 1 amide bonds. The summed E-state index contributed by atoms with van der Waals surface area (Å²) in [7, 11) is 1.52. The second-order valence-corrected chi connectivity index (χ2v) is 17.5. The SMILES string of the molecule is CCCCC/C=C/CC/C=C/CC/C=C/C(O)C(COP(=O)(O)OCC[N+](C)(C)C)NC(=O)CCCCCCCC/C=C\C/C=C\C/C=C\CCCCCCC. The van der Waals surface area contributed by atoms with Crippen LogP contribution < -0.4 is 5.32 Å². The zero-order valence-corrected chi connectivity index (χ0v) is 37.5. The molecule has 0 heterocycles. The smallest absolute Gasteiger partial charge is 0.387 e. The van der Waals surface area contributed by atoms with Crippen LogP contribution in [0.2, 0.25) is 0 Å². The summed E-state index contributed by atoms with van der Waals surface area (Å²) in [6, 6.07) is -0.879. The van der Waals surface area contributed by atoms with Crippen molar-refractivity contribution in [2.24, 2.45) is 0 Å². The van der Waals surface area contributed by atoms with Gasteiger partial charge in [-0.25, -0.2) is 4.57 Å². The van der Waals surface area contributed by atoms with Crippen molar-refractivity contribution in [3.8, 4) is 0 Å². The molecule has 0 aromatic carbocycles. The number of phosphoric ester groups is 1. The number of unbranched alkanes of at least 4 members (excludes halogenated alkanes) is 16. The fourth-order valence-electron chi connectivity index (χ4n) is 5.78. The molecule has 0 bridgehead atoms. The average Bonchev–Trinajstić information content (AvgIpc) is 3.15. The predicted molar refractivity (Wildman–Crippen MR) is 240 cm³/mol. The Bertz CT molecular complexity index is 1140. The minimum absolute atomic E-state index is 0.0471. The van der Waals surface area contributed by atoms with Gasteiger partial charge in [0.2, 0.25) is 5.91 Å². The lowest BCUT2D eigenvalue weighted by Crippen LogP contribution is -2.45. The lowest BCUT2D eigenvalue weighted by atomic mass is 10.1. The Hall–Kier alpha value is -2.06. The maximum absolute atomic E-state index is 12.9. The van der Waals surface area contributed by atoms with E-state index < -0.39 is 20.0 Å². The summed E-state index contributed by atoms with van der Waals surface area (Å²) in [6.45, 7) is 4.70. The van der Waals surface area contributed by atoms with Crippen LogP contribution in [-0.4, -0.2) is 73.4 Å². The van der Waals surface area contributed by atoms with Gasteiger partial charge in [-0.1, -0.05) is 151 Å². The normalized spacial score (nSPS) is 15.1. The van der Waals surface area contributed by atoms with E-state index in [2.05, 4.69) is 79.9 Å². The number of nitrogens with zero attached hydrogens (tertiary/aromatic N) is 1. The second-order valence-electron chi connectivity index (χ2n) is 16.0. The number of allylic oxidation sites excluding steroid dienone is 11. The predicted octanol–water partition coefficient (Wildman–Crippen LogP) is 12.4. The van der Waals surface area contributed by atoms with E-state index in [1.54, 1.807) is 6.08 Å². The maximum Gasteiger partial charge on any atom is 0.472 e. The Morgan fingerprint density at radius 3 is 1.59 bits per heavy atom. The highest BCUT2D eigenvalue weighted by molar-refractivity contribution is 7.47. The van der Waals surface area contributed by atoms with Crippen molar-refractivity contribution >= 4 is 13.7 Å². The molecular weight excluding hydrogens is 719 g/mol. The van der Waals surface area contributed by atoms with Crippen molar-refractivity contribution < 1.29 is 32.9 Å². The standard InChI is InChI=1S/C47H85N2O6P/c1-6-8-10-12-14-16-18-20-21-22-23-24-25-26-27-29-31-33-35-37-39-41-47(51)48-45(44-55-56(52,53)54-43-42-49(3,4)5)46(50)40-38-36-34-32-30-28-19-17-15-13-11-9-7-2/h15,17-18,20,22-23,25-26,30,32,38,40,45-46,50H,6-14,16,19,21,24,27-29,31,33-37,39,41-44H2,1-5H3,(H-,48,51,52,53)/p+1/b17-15+,20-18-,23-22-,26-25-,32-30+,40-38+. The minimum atomic E-state index is -4.35. The number of hydrogen-bond acceptors (Lipinski definition) is 5. The molecule has 0 saturated heterocycles. The second kappa shape index (κ2) is 38.5. The van der Waals surface area contributed by atoms with Crippen molar-refractivity contribution in [1.82, 2.24) is 5.32 Å².